The number of nitrogens with one attached hydrogen (secondary N) is 1. The zero-order chi connectivity index (χ0) is 12.4. The van der Waals surface area contributed by atoms with Gasteiger partial charge in [-0.3, -0.25) is 9.63 Å². The molecule has 18 heavy (non-hydrogen) atoms. The van der Waals surface area contributed by atoms with E-state index in [-0.39, 0.29) is 5.91 Å². The molecule has 1 fully saturated rings. The van der Waals surface area contributed by atoms with Crippen molar-refractivity contribution in [2.75, 3.05) is 13.2 Å². The zero-order valence-electron chi connectivity index (χ0n) is 10.2. The topological polar surface area (TPSA) is 45.3 Å². The number of hydrogen-bond acceptors (Lipinski definition) is 2. The molecule has 0 atom stereocenters. The molecule has 4 heteroatoms. The Hall–Kier alpha value is -1.81. The lowest BCUT2D eigenvalue weighted by molar-refractivity contribution is -0.168. The van der Waals surface area contributed by atoms with Crippen LogP contribution in [0.25, 0.3) is 10.9 Å². The van der Waals surface area contributed by atoms with Crippen molar-refractivity contribution in [1.29, 1.82) is 0 Å². The SMILES string of the molecule is O=C(CCc1c[nH]c2ccccc12)N1CCCO1. The van der Waals surface area contributed by atoms with E-state index in [1.54, 1.807) is 0 Å². The quantitative estimate of drug-likeness (QED) is 0.900. The van der Waals surface area contributed by atoms with Crippen LogP contribution in [0.3, 0.4) is 0 Å². The average molecular weight is 244 g/mol. The number of H-pyrrole nitrogens is 1. The third-order valence-electron chi connectivity index (χ3n) is 3.31. The first-order valence-electron chi connectivity index (χ1n) is 6.33. The largest absolute Gasteiger partial charge is 0.361 e. The molecule has 2 heterocycles. The number of para-hydroxylation sites is 1. The Kier molecular flexibility index (Phi) is 3.02. The molecule has 1 N–H and O–H groups in total. The number of nitrogens with zero attached hydrogens (tertiary/aromatic N) is 1. The van der Waals surface area contributed by atoms with Gasteiger partial charge in [0.05, 0.1) is 13.2 Å². The number of aromatic nitrogens is 1. The van der Waals surface area contributed by atoms with E-state index in [4.69, 9.17) is 4.84 Å². The molecule has 0 spiro atoms. The number of aromatic amines is 1. The van der Waals surface area contributed by atoms with Crippen molar-refractivity contribution in [2.45, 2.75) is 19.3 Å². The lowest BCUT2D eigenvalue weighted by Crippen LogP contribution is -2.26. The van der Waals surface area contributed by atoms with E-state index in [2.05, 4.69) is 11.1 Å². The Balaban J connectivity index is 1.67. The van der Waals surface area contributed by atoms with Gasteiger partial charge in [0.2, 0.25) is 5.91 Å². The van der Waals surface area contributed by atoms with Crippen LogP contribution in [0.4, 0.5) is 0 Å². The summed E-state index contributed by atoms with van der Waals surface area (Å²) in [5.74, 6) is 0.0813. The summed E-state index contributed by atoms with van der Waals surface area (Å²) in [4.78, 5) is 20.3. The van der Waals surface area contributed by atoms with Gasteiger partial charge in [-0.1, -0.05) is 18.2 Å². The van der Waals surface area contributed by atoms with E-state index in [9.17, 15) is 4.79 Å². The summed E-state index contributed by atoms with van der Waals surface area (Å²) < 4.78 is 0. The highest BCUT2D eigenvalue weighted by atomic mass is 16.7. The minimum Gasteiger partial charge on any atom is -0.361 e. The van der Waals surface area contributed by atoms with Crippen molar-refractivity contribution in [2.24, 2.45) is 0 Å². The maximum absolute atomic E-state index is 11.9. The van der Waals surface area contributed by atoms with Gasteiger partial charge in [0, 0.05) is 23.5 Å². The van der Waals surface area contributed by atoms with Crippen LogP contribution >= 0.6 is 0 Å². The smallest absolute Gasteiger partial charge is 0.246 e. The second-order valence-electron chi connectivity index (χ2n) is 4.54. The minimum absolute atomic E-state index is 0.0813. The highest BCUT2D eigenvalue weighted by molar-refractivity contribution is 5.84. The van der Waals surface area contributed by atoms with Gasteiger partial charge in [0.15, 0.2) is 0 Å². The number of hydrogen-bond donors (Lipinski definition) is 1. The van der Waals surface area contributed by atoms with Crippen LogP contribution in [0.5, 0.6) is 0 Å². The summed E-state index contributed by atoms with van der Waals surface area (Å²) in [5.41, 5.74) is 2.32. The van der Waals surface area contributed by atoms with Crippen LogP contribution in [-0.4, -0.2) is 29.1 Å². The van der Waals surface area contributed by atoms with Gasteiger partial charge in [0.1, 0.15) is 0 Å². The Labute approximate surface area is 105 Å². The molecule has 0 aliphatic carbocycles. The number of aryl methyl sites for hydroxylation is 1. The molecule has 1 aliphatic heterocycles. The summed E-state index contributed by atoms with van der Waals surface area (Å²) in [6, 6.07) is 8.15. The maximum Gasteiger partial charge on any atom is 0.246 e. The third-order valence-corrected chi connectivity index (χ3v) is 3.31. The number of fused-ring (bicyclic) bond motifs is 1. The highest BCUT2D eigenvalue weighted by Crippen LogP contribution is 2.19. The molecule has 0 unspecified atom stereocenters. The van der Waals surface area contributed by atoms with Crippen molar-refractivity contribution >= 4 is 16.8 Å². The van der Waals surface area contributed by atoms with Crippen LogP contribution in [-0.2, 0) is 16.1 Å². The van der Waals surface area contributed by atoms with Crippen LogP contribution < -0.4 is 0 Å². The van der Waals surface area contributed by atoms with Gasteiger partial charge < -0.3 is 4.98 Å². The van der Waals surface area contributed by atoms with Gasteiger partial charge in [-0.05, 0) is 24.5 Å². The van der Waals surface area contributed by atoms with E-state index in [1.807, 2.05) is 24.4 Å². The fourth-order valence-corrected chi connectivity index (χ4v) is 2.35. The molecular weight excluding hydrogens is 228 g/mol. The minimum atomic E-state index is 0.0813. The molecule has 1 aromatic carbocycles. The summed E-state index contributed by atoms with van der Waals surface area (Å²) in [6.45, 7) is 1.39. The standard InChI is InChI=1S/C14H16N2O2/c17-14(16-8-3-9-18-16)7-6-11-10-15-13-5-2-1-4-12(11)13/h1-2,4-5,10,15H,3,6-9H2. The Morgan fingerprint density at radius 3 is 3.11 bits per heavy atom. The van der Waals surface area contributed by atoms with Gasteiger partial charge in [-0.2, -0.15) is 0 Å². The van der Waals surface area contributed by atoms with E-state index in [0.29, 0.717) is 13.0 Å². The fourth-order valence-electron chi connectivity index (χ4n) is 2.35. The van der Waals surface area contributed by atoms with Gasteiger partial charge in [-0.25, -0.2) is 5.06 Å². The predicted octanol–water partition coefficient (Wildman–Crippen LogP) is 2.26. The molecule has 1 aliphatic rings. The molecule has 0 saturated carbocycles. The molecule has 94 valence electrons. The molecule has 1 aromatic heterocycles. The lowest BCUT2D eigenvalue weighted by atomic mass is 10.1. The van der Waals surface area contributed by atoms with Gasteiger partial charge in [0.25, 0.3) is 0 Å². The Morgan fingerprint density at radius 2 is 2.28 bits per heavy atom. The first-order chi connectivity index (χ1) is 8.84. The second-order valence-corrected chi connectivity index (χ2v) is 4.54. The first kappa shape index (κ1) is 11.3. The summed E-state index contributed by atoms with van der Waals surface area (Å²) in [7, 11) is 0. The molecule has 0 bridgehead atoms. The highest BCUT2D eigenvalue weighted by Gasteiger charge is 2.19. The molecule has 3 rings (SSSR count). The van der Waals surface area contributed by atoms with E-state index in [0.717, 1.165) is 24.9 Å². The molecule has 0 radical (unpaired) electrons. The summed E-state index contributed by atoms with van der Waals surface area (Å²) in [6.07, 6.45) is 4.19. The van der Waals surface area contributed by atoms with E-state index < -0.39 is 0 Å². The van der Waals surface area contributed by atoms with E-state index in [1.165, 1.54) is 16.0 Å². The first-order valence-corrected chi connectivity index (χ1v) is 6.33. The predicted molar refractivity (Wildman–Crippen MR) is 68.9 cm³/mol. The average Bonchev–Trinajstić information content (AvgIpc) is 3.06. The van der Waals surface area contributed by atoms with Crippen LogP contribution in [0, 0.1) is 0 Å². The summed E-state index contributed by atoms with van der Waals surface area (Å²) >= 11 is 0. The number of carbonyl (C=O) groups excluding carboxylic acids is 1. The number of benzene rings is 1. The van der Waals surface area contributed by atoms with Crippen molar-refractivity contribution in [3.8, 4) is 0 Å². The second kappa shape index (κ2) is 4.82. The molecule has 4 nitrogen and oxygen atoms in total. The van der Waals surface area contributed by atoms with Crippen LogP contribution in [0.15, 0.2) is 30.5 Å². The van der Waals surface area contributed by atoms with Crippen molar-refractivity contribution in [3.05, 3.63) is 36.0 Å². The van der Waals surface area contributed by atoms with Crippen molar-refractivity contribution in [1.82, 2.24) is 10.0 Å². The number of rotatable bonds is 3. The Bertz CT molecular complexity index is 556. The normalized spacial score (nSPS) is 15.4. The fraction of sp³-hybridized carbons (Fsp3) is 0.357. The number of hydroxylamine groups is 2. The van der Waals surface area contributed by atoms with Crippen molar-refractivity contribution < 1.29 is 9.63 Å². The number of amides is 1. The molecular formula is C14H16N2O2. The molecule has 1 saturated heterocycles. The molecule has 2 aromatic rings. The monoisotopic (exact) mass is 244 g/mol. The van der Waals surface area contributed by atoms with Crippen LogP contribution in [0.2, 0.25) is 0 Å². The zero-order valence-corrected chi connectivity index (χ0v) is 10.2. The van der Waals surface area contributed by atoms with Gasteiger partial charge in [-0.15, -0.1) is 0 Å². The van der Waals surface area contributed by atoms with Crippen molar-refractivity contribution in [3.63, 3.8) is 0 Å². The summed E-state index contributed by atoms with van der Waals surface area (Å²) in [5, 5.41) is 2.70. The third kappa shape index (κ3) is 2.11. The van der Waals surface area contributed by atoms with Gasteiger partial charge >= 0.3 is 0 Å². The number of carbonyl (C=O) groups is 1. The Morgan fingerprint density at radius 1 is 1.39 bits per heavy atom. The molecule has 1 amide bonds. The maximum atomic E-state index is 11.9. The van der Waals surface area contributed by atoms with Crippen LogP contribution in [0.1, 0.15) is 18.4 Å². The van der Waals surface area contributed by atoms with E-state index >= 15 is 0 Å². The lowest BCUT2D eigenvalue weighted by Gasteiger charge is -2.13.